The van der Waals surface area contributed by atoms with Crippen LogP contribution in [0.25, 0.3) is 0 Å². The summed E-state index contributed by atoms with van der Waals surface area (Å²) in [5, 5.41) is 19.4. The lowest BCUT2D eigenvalue weighted by molar-refractivity contribution is 0.199. The third-order valence-electron chi connectivity index (χ3n) is 3.19. The van der Waals surface area contributed by atoms with E-state index < -0.39 is 6.10 Å². The average Bonchev–Trinajstić information content (AvgIpc) is 2.38. The zero-order valence-electron chi connectivity index (χ0n) is 10.8. The van der Waals surface area contributed by atoms with Gasteiger partial charge in [-0.25, -0.2) is 0 Å². The van der Waals surface area contributed by atoms with E-state index in [1.165, 1.54) is 0 Å². The second-order valence-corrected chi connectivity index (χ2v) is 6.24. The first-order valence-electron chi connectivity index (χ1n) is 6.20. The van der Waals surface area contributed by atoms with Gasteiger partial charge in [0.05, 0.1) is 17.7 Å². The smallest absolute Gasteiger partial charge is 0.0992 e. The van der Waals surface area contributed by atoms with E-state index in [2.05, 4.69) is 17.9 Å². The number of thioether (sulfide) groups is 1. The highest BCUT2D eigenvalue weighted by atomic mass is 32.2. The Morgan fingerprint density at radius 3 is 2.94 bits per heavy atom. The van der Waals surface area contributed by atoms with Crippen molar-refractivity contribution in [2.24, 2.45) is 0 Å². The Balaban J connectivity index is 2.37. The Morgan fingerprint density at radius 1 is 1.56 bits per heavy atom. The maximum atomic E-state index is 9.85. The molecule has 1 aliphatic heterocycles. The van der Waals surface area contributed by atoms with Crippen LogP contribution in [0.3, 0.4) is 0 Å². The molecule has 1 aromatic carbocycles. The fraction of sp³-hybridized carbons (Fsp3) is 0.500. The van der Waals surface area contributed by atoms with Crippen molar-refractivity contribution in [3.63, 3.8) is 0 Å². The Morgan fingerprint density at radius 2 is 2.33 bits per heavy atom. The molecule has 1 heterocycles. The van der Waals surface area contributed by atoms with Crippen molar-refractivity contribution >= 4 is 17.4 Å². The molecule has 1 N–H and O–H groups in total. The maximum absolute atomic E-state index is 9.85. The summed E-state index contributed by atoms with van der Waals surface area (Å²) in [5.41, 5.74) is 2.57. The van der Waals surface area contributed by atoms with Gasteiger partial charge in [-0.3, -0.25) is 0 Å². The number of rotatable bonds is 2. The molecule has 96 valence electrons. The predicted molar refractivity (Wildman–Crippen MR) is 75.9 cm³/mol. The molecule has 1 saturated heterocycles. The van der Waals surface area contributed by atoms with Gasteiger partial charge in [0.25, 0.3) is 0 Å². The molecule has 2 atom stereocenters. The van der Waals surface area contributed by atoms with E-state index in [-0.39, 0.29) is 0 Å². The number of benzene rings is 1. The lowest BCUT2D eigenvalue weighted by Gasteiger charge is -2.34. The zero-order valence-corrected chi connectivity index (χ0v) is 11.6. The van der Waals surface area contributed by atoms with Gasteiger partial charge in [0.2, 0.25) is 0 Å². The van der Waals surface area contributed by atoms with Crippen LogP contribution in [0.1, 0.15) is 31.1 Å². The van der Waals surface area contributed by atoms with Crippen molar-refractivity contribution in [3.05, 3.63) is 29.3 Å². The van der Waals surface area contributed by atoms with Crippen LogP contribution in [0.5, 0.6) is 0 Å². The highest BCUT2D eigenvalue weighted by molar-refractivity contribution is 8.00. The first-order chi connectivity index (χ1) is 8.61. The van der Waals surface area contributed by atoms with Crippen LogP contribution < -0.4 is 4.90 Å². The Kier molecular flexibility index (Phi) is 4.15. The second-order valence-electron chi connectivity index (χ2n) is 4.69. The lowest BCUT2D eigenvalue weighted by Crippen LogP contribution is -2.37. The Bertz CT molecular complexity index is 467. The van der Waals surface area contributed by atoms with Crippen LogP contribution in [0.2, 0.25) is 0 Å². The average molecular weight is 262 g/mol. The molecule has 18 heavy (non-hydrogen) atoms. The summed E-state index contributed by atoms with van der Waals surface area (Å²) in [7, 11) is 0. The van der Waals surface area contributed by atoms with Crippen LogP contribution >= 0.6 is 11.8 Å². The minimum atomic E-state index is -0.502. The maximum Gasteiger partial charge on any atom is 0.0992 e. The van der Waals surface area contributed by atoms with Crippen LogP contribution in [0.4, 0.5) is 5.69 Å². The van der Waals surface area contributed by atoms with Gasteiger partial charge in [0.15, 0.2) is 0 Å². The van der Waals surface area contributed by atoms with E-state index in [0.29, 0.717) is 10.8 Å². The third kappa shape index (κ3) is 2.80. The van der Waals surface area contributed by atoms with Crippen LogP contribution in [-0.4, -0.2) is 29.2 Å². The minimum absolute atomic E-state index is 0.502. The van der Waals surface area contributed by atoms with Gasteiger partial charge in [-0.2, -0.15) is 17.0 Å². The standard InChI is InChI=1S/C14H18N2OS/c1-10-9-16(5-6-18-10)14-7-12(8-15)3-4-13(14)11(2)17/h3-4,7,10-11,17H,5-6,9H2,1-2H3. The van der Waals surface area contributed by atoms with Crippen LogP contribution in [-0.2, 0) is 0 Å². The first-order valence-corrected chi connectivity index (χ1v) is 7.25. The van der Waals surface area contributed by atoms with Crippen molar-refractivity contribution in [2.75, 3.05) is 23.7 Å². The normalized spacial score (nSPS) is 21.4. The Hall–Kier alpha value is -1.18. The number of nitriles is 1. The van der Waals surface area contributed by atoms with Gasteiger partial charge in [0, 0.05) is 35.3 Å². The van der Waals surface area contributed by atoms with Gasteiger partial charge in [-0.15, -0.1) is 0 Å². The highest BCUT2D eigenvalue weighted by Gasteiger charge is 2.21. The molecule has 0 radical (unpaired) electrons. The molecular weight excluding hydrogens is 244 g/mol. The monoisotopic (exact) mass is 262 g/mol. The fourth-order valence-electron chi connectivity index (χ4n) is 2.28. The zero-order chi connectivity index (χ0) is 13.1. The van der Waals surface area contributed by atoms with E-state index in [1.807, 2.05) is 23.9 Å². The Labute approximate surface area is 112 Å². The van der Waals surface area contributed by atoms with Gasteiger partial charge >= 0.3 is 0 Å². The van der Waals surface area contributed by atoms with Gasteiger partial charge in [-0.05, 0) is 19.1 Å². The lowest BCUT2D eigenvalue weighted by atomic mass is 10.0. The molecule has 0 spiro atoms. The number of nitrogens with zero attached hydrogens (tertiary/aromatic N) is 2. The van der Waals surface area contributed by atoms with Gasteiger partial charge in [-0.1, -0.05) is 13.0 Å². The van der Waals surface area contributed by atoms with Crippen molar-refractivity contribution in [1.82, 2.24) is 0 Å². The first kappa shape index (κ1) is 13.3. The largest absolute Gasteiger partial charge is 0.389 e. The number of anilines is 1. The van der Waals surface area contributed by atoms with Crippen molar-refractivity contribution < 1.29 is 5.11 Å². The summed E-state index contributed by atoms with van der Waals surface area (Å²) in [6.07, 6.45) is -0.502. The quantitative estimate of drug-likeness (QED) is 0.890. The van der Waals surface area contributed by atoms with Crippen LogP contribution in [0.15, 0.2) is 18.2 Å². The summed E-state index contributed by atoms with van der Waals surface area (Å²) in [5.74, 6) is 1.09. The molecule has 2 rings (SSSR count). The van der Waals surface area contributed by atoms with E-state index in [9.17, 15) is 5.11 Å². The summed E-state index contributed by atoms with van der Waals surface area (Å²) in [6, 6.07) is 7.70. The number of aliphatic hydroxyl groups is 1. The summed E-state index contributed by atoms with van der Waals surface area (Å²) in [4.78, 5) is 2.28. The minimum Gasteiger partial charge on any atom is -0.389 e. The summed E-state index contributed by atoms with van der Waals surface area (Å²) in [6.45, 7) is 5.93. The number of aliphatic hydroxyl groups excluding tert-OH is 1. The molecule has 0 saturated carbocycles. The molecule has 0 aliphatic carbocycles. The molecule has 3 nitrogen and oxygen atoms in total. The van der Waals surface area contributed by atoms with Gasteiger partial charge in [0.1, 0.15) is 0 Å². The predicted octanol–water partition coefficient (Wildman–Crippen LogP) is 2.55. The van der Waals surface area contributed by atoms with E-state index in [4.69, 9.17) is 5.26 Å². The SMILES string of the molecule is CC1CN(c2cc(C#N)ccc2C(C)O)CCS1. The molecule has 0 amide bonds. The number of hydrogen-bond donors (Lipinski definition) is 1. The van der Waals surface area contributed by atoms with Gasteiger partial charge < -0.3 is 10.0 Å². The van der Waals surface area contributed by atoms with E-state index in [0.717, 1.165) is 30.1 Å². The van der Waals surface area contributed by atoms with Crippen LogP contribution in [0, 0.1) is 11.3 Å². The molecule has 0 aromatic heterocycles. The highest BCUT2D eigenvalue weighted by Crippen LogP contribution is 2.31. The molecule has 4 heteroatoms. The molecule has 2 unspecified atom stereocenters. The summed E-state index contributed by atoms with van der Waals surface area (Å²) < 4.78 is 0. The molecular formula is C14H18N2OS. The number of hydrogen-bond acceptors (Lipinski definition) is 4. The molecule has 1 aliphatic rings. The molecule has 0 bridgehead atoms. The fourth-order valence-corrected chi connectivity index (χ4v) is 3.29. The van der Waals surface area contributed by atoms with Crippen molar-refractivity contribution in [1.29, 1.82) is 5.26 Å². The third-order valence-corrected chi connectivity index (χ3v) is 4.33. The van der Waals surface area contributed by atoms with Crippen molar-refractivity contribution in [2.45, 2.75) is 25.2 Å². The second kappa shape index (κ2) is 5.64. The summed E-state index contributed by atoms with van der Waals surface area (Å²) >= 11 is 1.97. The van der Waals surface area contributed by atoms with Crippen molar-refractivity contribution in [3.8, 4) is 6.07 Å². The van der Waals surface area contributed by atoms with E-state index >= 15 is 0 Å². The van der Waals surface area contributed by atoms with E-state index in [1.54, 1.807) is 13.0 Å². The molecule has 1 aromatic rings. The molecule has 1 fully saturated rings. The topological polar surface area (TPSA) is 47.3 Å².